The van der Waals surface area contributed by atoms with E-state index in [1.165, 1.54) is 5.56 Å². The van der Waals surface area contributed by atoms with E-state index in [1.807, 2.05) is 48.5 Å². The number of aromatic nitrogens is 1. The van der Waals surface area contributed by atoms with E-state index in [1.54, 1.807) is 23.0 Å². The number of carbonyl (C=O) groups excluding carboxylic acids is 2. The molecule has 0 radical (unpaired) electrons. The van der Waals surface area contributed by atoms with Gasteiger partial charge in [0, 0.05) is 25.2 Å². The van der Waals surface area contributed by atoms with Crippen molar-refractivity contribution in [1.82, 2.24) is 14.8 Å². The topological polar surface area (TPSA) is 72.0 Å². The first kappa shape index (κ1) is 23.3. The third-order valence-electron chi connectivity index (χ3n) is 6.98. The SMILES string of the molecule is CN1CCOc2ccccc2CCCCC2(CN(C(=O)c3cnc4ccccc4c3)CCO2)C1=O. The zero-order valence-electron chi connectivity index (χ0n) is 20.1. The van der Waals surface area contributed by atoms with Crippen LogP contribution in [0.15, 0.2) is 60.8 Å². The lowest BCUT2D eigenvalue weighted by Crippen LogP contribution is -2.61. The van der Waals surface area contributed by atoms with E-state index in [0.29, 0.717) is 38.3 Å². The van der Waals surface area contributed by atoms with E-state index in [9.17, 15) is 9.59 Å². The molecule has 7 nitrogen and oxygen atoms in total. The molecule has 2 aliphatic rings. The fraction of sp³-hybridized carbons (Fsp3) is 0.393. The fourth-order valence-electron chi connectivity index (χ4n) is 5.03. The largest absolute Gasteiger partial charge is 0.491 e. The second-order valence-corrected chi connectivity index (χ2v) is 9.38. The molecule has 1 atom stereocenters. The Morgan fingerprint density at radius 2 is 1.86 bits per heavy atom. The van der Waals surface area contributed by atoms with Gasteiger partial charge in [0.25, 0.3) is 11.8 Å². The molecule has 0 aliphatic carbocycles. The Labute approximate surface area is 205 Å². The number of ether oxygens (including phenoxy) is 2. The van der Waals surface area contributed by atoms with Crippen LogP contribution in [0.25, 0.3) is 10.9 Å². The molecular weight excluding hydrogens is 442 g/mol. The van der Waals surface area contributed by atoms with Gasteiger partial charge < -0.3 is 19.3 Å². The molecule has 1 spiro atoms. The molecule has 0 bridgehead atoms. The molecule has 0 saturated carbocycles. The van der Waals surface area contributed by atoms with E-state index in [-0.39, 0.29) is 18.4 Å². The standard InChI is InChI=1S/C28H31N3O4/c1-30-14-16-34-25-12-5-3-8-21(25)9-6-7-13-28(27(30)33)20-31(15-17-35-28)26(32)23-18-22-10-2-4-11-24(22)29-19-23/h2-5,8,10-12,18-19H,6-7,9,13-17,20H2,1H3. The molecule has 1 saturated heterocycles. The van der Waals surface area contributed by atoms with E-state index >= 15 is 0 Å². The number of rotatable bonds is 1. The van der Waals surface area contributed by atoms with Gasteiger partial charge in [0.15, 0.2) is 5.60 Å². The number of aryl methyl sites for hydroxylation is 1. The summed E-state index contributed by atoms with van der Waals surface area (Å²) in [6, 6.07) is 17.7. The van der Waals surface area contributed by atoms with Gasteiger partial charge in [-0.25, -0.2) is 0 Å². The molecule has 0 N–H and O–H groups in total. The first-order valence-electron chi connectivity index (χ1n) is 12.3. The van der Waals surface area contributed by atoms with Crippen LogP contribution in [0.2, 0.25) is 0 Å². The number of likely N-dealkylation sites (N-methyl/N-ethyl adjacent to an activating group) is 1. The Morgan fingerprint density at radius 3 is 2.77 bits per heavy atom. The Morgan fingerprint density at radius 1 is 1.03 bits per heavy atom. The summed E-state index contributed by atoms with van der Waals surface area (Å²) >= 11 is 0. The molecule has 3 heterocycles. The number of para-hydroxylation sites is 2. The minimum absolute atomic E-state index is 0.0934. The summed E-state index contributed by atoms with van der Waals surface area (Å²) in [5.74, 6) is 0.673. The van der Waals surface area contributed by atoms with E-state index in [2.05, 4.69) is 11.1 Å². The van der Waals surface area contributed by atoms with Crippen LogP contribution >= 0.6 is 0 Å². The molecule has 182 valence electrons. The van der Waals surface area contributed by atoms with E-state index in [4.69, 9.17) is 9.47 Å². The molecule has 3 aromatic rings. The predicted molar refractivity (Wildman–Crippen MR) is 133 cm³/mol. The number of pyridine rings is 1. The molecule has 2 aliphatic heterocycles. The summed E-state index contributed by atoms with van der Waals surface area (Å²) < 4.78 is 12.2. The van der Waals surface area contributed by atoms with Crippen molar-refractivity contribution in [2.75, 3.05) is 39.9 Å². The van der Waals surface area contributed by atoms with Crippen LogP contribution in [0.5, 0.6) is 5.75 Å². The van der Waals surface area contributed by atoms with Crippen molar-refractivity contribution < 1.29 is 19.1 Å². The Hall–Kier alpha value is -3.45. The minimum Gasteiger partial charge on any atom is -0.491 e. The highest BCUT2D eigenvalue weighted by Crippen LogP contribution is 2.30. The lowest BCUT2D eigenvalue weighted by atomic mass is 9.91. The monoisotopic (exact) mass is 473 g/mol. The van der Waals surface area contributed by atoms with Gasteiger partial charge in [-0.2, -0.15) is 0 Å². The molecule has 1 fully saturated rings. The zero-order valence-corrected chi connectivity index (χ0v) is 20.1. The average Bonchev–Trinajstić information content (AvgIpc) is 2.90. The molecule has 2 aromatic carbocycles. The predicted octanol–water partition coefficient (Wildman–Crippen LogP) is 3.71. The van der Waals surface area contributed by atoms with Gasteiger partial charge in [-0.1, -0.05) is 36.4 Å². The number of hydrogen-bond acceptors (Lipinski definition) is 5. The summed E-state index contributed by atoms with van der Waals surface area (Å²) in [5, 5.41) is 0.920. The van der Waals surface area contributed by atoms with Crippen molar-refractivity contribution in [3.05, 3.63) is 71.9 Å². The first-order chi connectivity index (χ1) is 17.1. The van der Waals surface area contributed by atoms with E-state index in [0.717, 1.165) is 35.9 Å². The van der Waals surface area contributed by atoms with Gasteiger partial charge in [0.2, 0.25) is 0 Å². The number of amides is 2. The van der Waals surface area contributed by atoms with Gasteiger partial charge >= 0.3 is 0 Å². The molecule has 1 unspecified atom stereocenters. The van der Waals surface area contributed by atoms with Crippen molar-refractivity contribution in [3.63, 3.8) is 0 Å². The van der Waals surface area contributed by atoms with Crippen molar-refractivity contribution in [2.24, 2.45) is 0 Å². The van der Waals surface area contributed by atoms with Crippen LogP contribution in [0.1, 0.15) is 35.2 Å². The molecule has 7 heteroatoms. The van der Waals surface area contributed by atoms with Crippen molar-refractivity contribution in [2.45, 2.75) is 31.3 Å². The highest BCUT2D eigenvalue weighted by molar-refractivity contribution is 5.98. The van der Waals surface area contributed by atoms with Crippen LogP contribution in [-0.4, -0.2) is 72.1 Å². The number of nitrogens with zero attached hydrogens (tertiary/aromatic N) is 3. The zero-order chi connectivity index (χ0) is 24.3. The van der Waals surface area contributed by atoms with Crippen molar-refractivity contribution in [1.29, 1.82) is 0 Å². The summed E-state index contributed by atoms with van der Waals surface area (Å²) in [5.41, 5.74) is 1.51. The molecule has 1 aromatic heterocycles. The summed E-state index contributed by atoms with van der Waals surface area (Å²) in [6.07, 6.45) is 4.79. The summed E-state index contributed by atoms with van der Waals surface area (Å²) in [6.45, 7) is 1.85. The number of fused-ring (bicyclic) bond motifs is 2. The maximum absolute atomic E-state index is 13.7. The highest BCUT2D eigenvalue weighted by atomic mass is 16.5. The Balaban J connectivity index is 1.37. The number of hydrogen-bond donors (Lipinski definition) is 0. The molecule has 2 amide bonds. The van der Waals surface area contributed by atoms with Crippen molar-refractivity contribution in [3.8, 4) is 5.75 Å². The summed E-state index contributed by atoms with van der Waals surface area (Å²) in [4.78, 5) is 35.0. The molecule has 5 rings (SSSR count). The fourth-order valence-corrected chi connectivity index (χ4v) is 5.03. The van der Waals surface area contributed by atoms with Crippen LogP contribution in [0, 0.1) is 0 Å². The summed E-state index contributed by atoms with van der Waals surface area (Å²) in [7, 11) is 1.78. The maximum atomic E-state index is 13.7. The maximum Gasteiger partial charge on any atom is 0.256 e. The third-order valence-corrected chi connectivity index (χ3v) is 6.98. The van der Waals surface area contributed by atoms with Crippen LogP contribution in [0.3, 0.4) is 0 Å². The highest BCUT2D eigenvalue weighted by Gasteiger charge is 2.46. The van der Waals surface area contributed by atoms with Gasteiger partial charge in [0.1, 0.15) is 12.4 Å². The second-order valence-electron chi connectivity index (χ2n) is 9.38. The number of benzene rings is 2. The van der Waals surface area contributed by atoms with E-state index < -0.39 is 5.60 Å². The smallest absolute Gasteiger partial charge is 0.256 e. The first-order valence-corrected chi connectivity index (χ1v) is 12.3. The lowest BCUT2D eigenvalue weighted by molar-refractivity contribution is -0.169. The van der Waals surface area contributed by atoms with Gasteiger partial charge in [-0.05, 0) is 49.4 Å². The van der Waals surface area contributed by atoms with Crippen molar-refractivity contribution >= 4 is 22.7 Å². The quantitative estimate of drug-likeness (QED) is 0.539. The number of carbonyl (C=O) groups is 2. The normalized spacial score (nSPS) is 21.7. The van der Waals surface area contributed by atoms with Crippen LogP contribution < -0.4 is 4.74 Å². The molecular formula is C28H31N3O4. The average molecular weight is 474 g/mol. The van der Waals surface area contributed by atoms with Crippen LogP contribution in [0.4, 0.5) is 0 Å². The second kappa shape index (κ2) is 10.0. The Bertz CT molecular complexity index is 1230. The third kappa shape index (κ3) is 4.86. The minimum atomic E-state index is -1.05. The van der Waals surface area contributed by atoms with Gasteiger partial charge in [0.05, 0.1) is 30.8 Å². The lowest BCUT2D eigenvalue weighted by Gasteiger charge is -2.43. The van der Waals surface area contributed by atoms with Crippen LogP contribution in [-0.2, 0) is 16.0 Å². The van der Waals surface area contributed by atoms with Gasteiger partial charge in [-0.15, -0.1) is 0 Å². The Kier molecular flexibility index (Phi) is 6.68. The molecule has 35 heavy (non-hydrogen) atoms. The van der Waals surface area contributed by atoms with Gasteiger partial charge in [-0.3, -0.25) is 14.6 Å². The number of morpholine rings is 1.